The van der Waals surface area contributed by atoms with Gasteiger partial charge in [-0.25, -0.2) is 0 Å². The Balaban J connectivity index is 1.47. The summed E-state index contributed by atoms with van der Waals surface area (Å²) in [6.07, 6.45) is 8.02. The van der Waals surface area contributed by atoms with Crippen LogP contribution in [0.2, 0.25) is 0 Å². The third-order valence-electron chi connectivity index (χ3n) is 9.84. The number of nitrogens with one attached hydrogen (secondary N) is 1. The molecule has 1 heterocycles. The number of hydrogen-bond acceptors (Lipinski definition) is 8. The summed E-state index contributed by atoms with van der Waals surface area (Å²) < 4.78 is 5.77. The molecule has 0 radical (unpaired) electrons. The lowest BCUT2D eigenvalue weighted by atomic mass is 9.44. The molecule has 188 valence electrons. The molecule has 34 heavy (non-hydrogen) atoms. The van der Waals surface area contributed by atoms with E-state index in [1.165, 1.54) is 6.92 Å². The quantitative estimate of drug-likeness (QED) is 0.485. The number of ketones is 1. The molecule has 0 bridgehead atoms. The maximum Gasteiger partial charge on any atom is 0.302 e. The third-order valence-corrected chi connectivity index (χ3v) is 9.84. The van der Waals surface area contributed by atoms with Crippen molar-refractivity contribution in [2.45, 2.75) is 77.7 Å². The van der Waals surface area contributed by atoms with E-state index in [1.54, 1.807) is 7.11 Å². The molecule has 1 saturated heterocycles. The van der Waals surface area contributed by atoms with Crippen molar-refractivity contribution in [1.29, 1.82) is 0 Å². The molecule has 0 aromatic rings. The lowest BCUT2D eigenvalue weighted by molar-refractivity contribution is -0.155. The van der Waals surface area contributed by atoms with Crippen molar-refractivity contribution in [3.05, 3.63) is 0 Å². The van der Waals surface area contributed by atoms with Crippen LogP contribution in [0.25, 0.3) is 0 Å². The number of Topliss-reactive ketones (excluding diaryl/α,β-unsaturated/α-hetero) is 1. The highest BCUT2D eigenvalue weighted by Gasteiger charge is 2.63. The van der Waals surface area contributed by atoms with Gasteiger partial charge in [0.25, 0.3) is 0 Å². The fourth-order valence-corrected chi connectivity index (χ4v) is 8.11. The molecular formula is C26H39N3O5. The van der Waals surface area contributed by atoms with E-state index in [0.29, 0.717) is 36.6 Å². The van der Waals surface area contributed by atoms with E-state index >= 15 is 0 Å². The van der Waals surface area contributed by atoms with Crippen LogP contribution in [0.1, 0.15) is 71.6 Å². The lowest BCUT2D eigenvalue weighted by Gasteiger charge is -2.60. The normalized spacial score (nSPS) is 43.9. The van der Waals surface area contributed by atoms with Crippen LogP contribution in [0.15, 0.2) is 10.3 Å². The standard InChI is InChI=1S/C26H39N3O5/c1-16(30)33-15-26-10-6-17(28-34-18-8-11-27-14-18)12-22(26)23(29-32-3)13-19-20-4-5-24(31)25(20,2)9-7-21(19)26/h18-22,27H,4-15H2,1-3H3/b28-17+,29-23+/t18?,19?,20?,21?,22?,25-,26-/m0/s1. The first-order valence-electron chi connectivity index (χ1n) is 13.1. The van der Waals surface area contributed by atoms with Gasteiger partial charge in [0.05, 0.1) is 18.0 Å². The van der Waals surface area contributed by atoms with Gasteiger partial charge in [-0.15, -0.1) is 0 Å². The van der Waals surface area contributed by atoms with Crippen LogP contribution in [0, 0.1) is 34.5 Å². The number of hydrogen-bond donors (Lipinski definition) is 1. The SMILES string of the molecule is CO/N=C1\CC2C(CC[C@]3(C)C(=O)CCC23)[C@@]2(COC(C)=O)CC/C(=N\OC3CCNC3)CC12. The van der Waals surface area contributed by atoms with Crippen LogP contribution in [0.3, 0.4) is 0 Å². The molecule has 5 fully saturated rings. The first kappa shape index (κ1) is 23.8. The van der Waals surface area contributed by atoms with Crippen molar-refractivity contribution >= 4 is 23.2 Å². The summed E-state index contributed by atoms with van der Waals surface area (Å²) in [7, 11) is 1.60. The topological polar surface area (TPSA) is 98.6 Å². The second-order valence-corrected chi connectivity index (χ2v) is 11.4. The summed E-state index contributed by atoms with van der Waals surface area (Å²) >= 11 is 0. The number of carbonyl (C=O) groups is 2. The fraction of sp³-hybridized carbons (Fsp3) is 0.846. The highest BCUT2D eigenvalue weighted by atomic mass is 16.6. The Hall–Kier alpha value is -1.96. The second-order valence-electron chi connectivity index (χ2n) is 11.4. The van der Waals surface area contributed by atoms with Gasteiger partial charge in [-0.3, -0.25) is 9.59 Å². The zero-order chi connectivity index (χ0) is 23.9. The Labute approximate surface area is 202 Å². The molecule has 8 heteroatoms. The van der Waals surface area contributed by atoms with Gasteiger partial charge in [-0.05, 0) is 69.2 Å². The van der Waals surface area contributed by atoms with E-state index in [0.717, 1.165) is 75.9 Å². The van der Waals surface area contributed by atoms with Crippen LogP contribution >= 0.6 is 0 Å². The Kier molecular flexibility index (Phi) is 6.46. The van der Waals surface area contributed by atoms with E-state index in [2.05, 4.69) is 22.6 Å². The molecular weight excluding hydrogens is 434 g/mol. The zero-order valence-corrected chi connectivity index (χ0v) is 20.8. The van der Waals surface area contributed by atoms with Crippen molar-refractivity contribution in [3.8, 4) is 0 Å². The summed E-state index contributed by atoms with van der Waals surface area (Å²) in [6, 6.07) is 0. The maximum absolute atomic E-state index is 12.9. The summed E-state index contributed by atoms with van der Waals surface area (Å²) in [5.74, 6) is 1.42. The fourth-order valence-electron chi connectivity index (χ4n) is 8.11. The summed E-state index contributed by atoms with van der Waals surface area (Å²) in [6.45, 7) is 5.88. The van der Waals surface area contributed by atoms with Crippen molar-refractivity contribution in [3.63, 3.8) is 0 Å². The number of esters is 1. The Morgan fingerprint density at radius 3 is 2.71 bits per heavy atom. The molecule has 7 atom stereocenters. The van der Waals surface area contributed by atoms with Crippen LogP contribution in [-0.2, 0) is 24.0 Å². The molecule has 4 aliphatic carbocycles. The van der Waals surface area contributed by atoms with Crippen LogP contribution in [-0.4, -0.2) is 56.1 Å². The largest absolute Gasteiger partial charge is 0.465 e. The third kappa shape index (κ3) is 3.95. The Bertz CT molecular complexity index is 882. The number of ether oxygens (including phenoxy) is 1. The van der Waals surface area contributed by atoms with Crippen LogP contribution in [0.5, 0.6) is 0 Å². The van der Waals surface area contributed by atoms with Gasteiger partial charge < -0.3 is 19.7 Å². The molecule has 1 aliphatic heterocycles. The minimum absolute atomic E-state index is 0.104. The molecule has 5 aliphatic rings. The van der Waals surface area contributed by atoms with Gasteiger partial charge in [-0.1, -0.05) is 17.2 Å². The molecule has 0 spiro atoms. The summed E-state index contributed by atoms with van der Waals surface area (Å²) in [5.41, 5.74) is 1.68. The first-order chi connectivity index (χ1) is 16.4. The van der Waals surface area contributed by atoms with E-state index < -0.39 is 0 Å². The van der Waals surface area contributed by atoms with Gasteiger partial charge in [0, 0.05) is 43.1 Å². The highest BCUT2D eigenvalue weighted by molar-refractivity contribution is 5.96. The van der Waals surface area contributed by atoms with Gasteiger partial charge in [0.15, 0.2) is 0 Å². The molecule has 1 N–H and O–H groups in total. The minimum Gasteiger partial charge on any atom is -0.465 e. The van der Waals surface area contributed by atoms with Gasteiger partial charge in [-0.2, -0.15) is 0 Å². The van der Waals surface area contributed by atoms with Crippen LogP contribution in [0.4, 0.5) is 0 Å². The minimum atomic E-state index is -0.242. The van der Waals surface area contributed by atoms with Gasteiger partial charge >= 0.3 is 5.97 Å². The van der Waals surface area contributed by atoms with Crippen molar-refractivity contribution in [2.75, 3.05) is 26.8 Å². The van der Waals surface area contributed by atoms with Crippen LogP contribution < -0.4 is 5.32 Å². The molecule has 8 nitrogen and oxygen atoms in total. The number of fused-ring (bicyclic) bond motifs is 5. The van der Waals surface area contributed by atoms with E-state index in [4.69, 9.17) is 14.4 Å². The molecule has 0 aromatic heterocycles. The van der Waals surface area contributed by atoms with Crippen molar-refractivity contribution < 1.29 is 24.0 Å². The Morgan fingerprint density at radius 1 is 1.12 bits per heavy atom. The molecule has 0 aromatic carbocycles. The van der Waals surface area contributed by atoms with Gasteiger partial charge in [0.1, 0.15) is 19.0 Å². The van der Waals surface area contributed by atoms with E-state index in [9.17, 15) is 9.59 Å². The summed E-state index contributed by atoms with van der Waals surface area (Å²) in [4.78, 5) is 36.0. The first-order valence-corrected chi connectivity index (χ1v) is 13.1. The van der Waals surface area contributed by atoms with Crippen molar-refractivity contribution in [1.82, 2.24) is 5.32 Å². The molecule has 4 saturated carbocycles. The van der Waals surface area contributed by atoms with E-state index in [1.807, 2.05) is 0 Å². The molecule has 0 amide bonds. The number of rotatable bonds is 5. The smallest absolute Gasteiger partial charge is 0.302 e. The summed E-state index contributed by atoms with van der Waals surface area (Å²) in [5, 5.41) is 12.4. The predicted octanol–water partition coefficient (Wildman–Crippen LogP) is 3.49. The average molecular weight is 474 g/mol. The Morgan fingerprint density at radius 2 is 1.97 bits per heavy atom. The van der Waals surface area contributed by atoms with E-state index in [-0.39, 0.29) is 28.8 Å². The molecule has 5 rings (SSSR count). The number of nitrogens with zero attached hydrogens (tertiary/aromatic N) is 2. The molecule has 5 unspecified atom stereocenters. The predicted molar refractivity (Wildman–Crippen MR) is 127 cm³/mol. The number of oxime groups is 2. The van der Waals surface area contributed by atoms with Gasteiger partial charge in [0.2, 0.25) is 0 Å². The second kappa shape index (κ2) is 9.25. The maximum atomic E-state index is 12.9. The lowest BCUT2D eigenvalue weighted by Crippen LogP contribution is -2.59. The zero-order valence-electron chi connectivity index (χ0n) is 20.8. The highest BCUT2D eigenvalue weighted by Crippen LogP contribution is 2.65. The monoisotopic (exact) mass is 473 g/mol. The van der Waals surface area contributed by atoms with Crippen molar-refractivity contribution in [2.24, 2.45) is 44.8 Å². The average Bonchev–Trinajstić information content (AvgIpc) is 3.45. The number of carbonyl (C=O) groups excluding carboxylic acids is 2.